The number of nitrogens with zero attached hydrogens (tertiary/aromatic N) is 2. The van der Waals surface area contributed by atoms with Crippen LogP contribution in [0.25, 0.3) is 0 Å². The fraction of sp³-hybridized carbons (Fsp3) is 0.280. The van der Waals surface area contributed by atoms with Gasteiger partial charge in [0.1, 0.15) is 11.0 Å². The number of benzene rings is 2. The van der Waals surface area contributed by atoms with E-state index in [0.717, 1.165) is 18.4 Å². The topological polar surface area (TPSA) is 54.5 Å². The highest BCUT2D eigenvalue weighted by molar-refractivity contribution is 6.30. The summed E-state index contributed by atoms with van der Waals surface area (Å²) in [5, 5.41) is 3.47. The largest absolute Gasteiger partial charge is 0.494 e. The normalized spacial score (nSPS) is 14.3. The molecule has 33 heavy (non-hydrogen) atoms. The molecule has 0 saturated carbocycles. The van der Waals surface area contributed by atoms with Gasteiger partial charge < -0.3 is 15.0 Å². The number of hydrogen-bond acceptors (Lipinski definition) is 4. The van der Waals surface area contributed by atoms with Crippen LogP contribution in [0.2, 0.25) is 5.15 Å². The summed E-state index contributed by atoms with van der Waals surface area (Å²) in [6.45, 7) is 2.93. The predicted octanol–water partition coefficient (Wildman–Crippen LogP) is 6.09. The third-order valence-corrected chi connectivity index (χ3v) is 6.42. The number of halogens is 3. The van der Waals surface area contributed by atoms with E-state index in [-0.39, 0.29) is 28.5 Å². The molecule has 1 aliphatic rings. The summed E-state index contributed by atoms with van der Waals surface area (Å²) in [5.41, 5.74) is 3.17. The van der Waals surface area contributed by atoms with Gasteiger partial charge in [-0.25, -0.2) is 13.8 Å². The second-order valence-electron chi connectivity index (χ2n) is 8.06. The number of piperidine rings is 1. The van der Waals surface area contributed by atoms with Gasteiger partial charge in [-0.15, -0.1) is 0 Å². The molecule has 1 aliphatic heterocycles. The Bertz CT molecular complexity index is 1160. The summed E-state index contributed by atoms with van der Waals surface area (Å²) in [7, 11) is 1.39. The van der Waals surface area contributed by atoms with Crippen molar-refractivity contribution in [2.45, 2.75) is 25.7 Å². The number of hydrogen-bond donors (Lipinski definition) is 1. The van der Waals surface area contributed by atoms with Gasteiger partial charge in [0.2, 0.25) is 0 Å². The first-order valence-corrected chi connectivity index (χ1v) is 11.1. The number of pyridine rings is 1. The summed E-state index contributed by atoms with van der Waals surface area (Å²) >= 11 is 6.24. The van der Waals surface area contributed by atoms with Crippen molar-refractivity contribution in [2.75, 3.05) is 25.5 Å². The monoisotopic (exact) mass is 471 g/mol. The van der Waals surface area contributed by atoms with E-state index in [4.69, 9.17) is 16.3 Å². The Kier molecular flexibility index (Phi) is 6.79. The molecule has 5 nitrogen and oxygen atoms in total. The number of carbonyl (C=O) groups is 1. The van der Waals surface area contributed by atoms with Crippen LogP contribution in [-0.4, -0.2) is 36.0 Å². The highest BCUT2D eigenvalue weighted by Crippen LogP contribution is 2.33. The molecule has 1 amide bonds. The zero-order valence-corrected chi connectivity index (χ0v) is 19.1. The number of anilines is 2. The molecular weight excluding hydrogens is 448 g/mol. The summed E-state index contributed by atoms with van der Waals surface area (Å²) < 4.78 is 32.1. The van der Waals surface area contributed by atoms with Crippen molar-refractivity contribution in [3.05, 3.63) is 82.1 Å². The highest BCUT2D eigenvalue weighted by Gasteiger charge is 2.27. The molecule has 1 N–H and O–H groups in total. The minimum atomic E-state index is -0.479. The Labute approximate surface area is 196 Å². The van der Waals surface area contributed by atoms with Gasteiger partial charge in [0.15, 0.2) is 11.6 Å². The first-order chi connectivity index (χ1) is 15.9. The zero-order chi connectivity index (χ0) is 23.5. The fourth-order valence-corrected chi connectivity index (χ4v) is 4.26. The lowest BCUT2D eigenvalue weighted by Crippen LogP contribution is -2.38. The van der Waals surface area contributed by atoms with E-state index >= 15 is 0 Å². The molecule has 8 heteroatoms. The van der Waals surface area contributed by atoms with Crippen LogP contribution in [0.5, 0.6) is 5.75 Å². The van der Waals surface area contributed by atoms with Gasteiger partial charge in [-0.05, 0) is 55.5 Å². The third-order valence-electron chi connectivity index (χ3n) is 6.04. The Morgan fingerprint density at radius 1 is 1.15 bits per heavy atom. The smallest absolute Gasteiger partial charge is 0.257 e. The van der Waals surface area contributed by atoms with E-state index in [1.165, 1.54) is 37.6 Å². The average Bonchev–Trinajstić information content (AvgIpc) is 2.83. The lowest BCUT2D eigenvalue weighted by molar-refractivity contribution is 0.0713. The molecule has 1 aromatic heterocycles. The maximum Gasteiger partial charge on any atom is 0.257 e. The van der Waals surface area contributed by atoms with Crippen LogP contribution in [0.3, 0.4) is 0 Å². The highest BCUT2D eigenvalue weighted by atomic mass is 35.5. The Balaban J connectivity index is 1.54. The van der Waals surface area contributed by atoms with Crippen LogP contribution >= 0.6 is 11.6 Å². The van der Waals surface area contributed by atoms with Crippen molar-refractivity contribution in [3.63, 3.8) is 0 Å². The second kappa shape index (κ2) is 9.75. The molecule has 0 spiro atoms. The van der Waals surface area contributed by atoms with Crippen LogP contribution in [0.1, 0.15) is 40.2 Å². The molecule has 1 fully saturated rings. The van der Waals surface area contributed by atoms with Crippen molar-refractivity contribution >= 4 is 28.9 Å². The molecule has 172 valence electrons. The van der Waals surface area contributed by atoms with E-state index in [2.05, 4.69) is 10.3 Å². The Morgan fingerprint density at radius 3 is 2.52 bits per heavy atom. The van der Waals surface area contributed by atoms with Gasteiger partial charge in [-0.1, -0.05) is 23.7 Å². The second-order valence-corrected chi connectivity index (χ2v) is 8.41. The minimum absolute atomic E-state index is 0.0912. The number of likely N-dealkylation sites (tertiary alicyclic amines) is 1. The maximum absolute atomic E-state index is 13.8. The Hall–Kier alpha value is -3.19. The predicted molar refractivity (Wildman–Crippen MR) is 124 cm³/mol. The molecular formula is C25H24ClF2N3O2. The van der Waals surface area contributed by atoms with E-state index in [1.807, 2.05) is 12.1 Å². The molecule has 0 atom stereocenters. The number of ether oxygens (including phenoxy) is 1. The minimum Gasteiger partial charge on any atom is -0.494 e. The van der Waals surface area contributed by atoms with Crippen LogP contribution in [0.4, 0.5) is 20.2 Å². The van der Waals surface area contributed by atoms with Crippen LogP contribution in [0.15, 0.2) is 48.7 Å². The standard InChI is InChI=1S/C25H24ClF2N3O2/c1-15-23(30-19-7-8-21(28)22(13-19)33-2)20(14-29-24(15)26)25(32)31-11-9-17(10-12-31)16-3-5-18(27)6-4-16/h3-8,13-14,17H,9-12H2,1-2H3,(H,29,30). The maximum atomic E-state index is 13.8. The molecule has 3 aromatic rings. The molecule has 0 unspecified atom stereocenters. The SMILES string of the molecule is COc1cc(Nc2c(C(=O)N3CCC(c4ccc(F)cc4)CC3)cnc(Cl)c2C)ccc1F. The van der Waals surface area contributed by atoms with Crippen molar-refractivity contribution in [1.29, 1.82) is 0 Å². The number of nitrogens with one attached hydrogen (secondary N) is 1. The summed E-state index contributed by atoms with van der Waals surface area (Å²) in [6, 6.07) is 10.9. The number of aromatic nitrogens is 1. The summed E-state index contributed by atoms with van der Waals surface area (Å²) in [5.74, 6) is -0.516. The van der Waals surface area contributed by atoms with Gasteiger partial charge in [0.05, 0.1) is 18.4 Å². The zero-order valence-electron chi connectivity index (χ0n) is 18.4. The average molecular weight is 472 g/mol. The molecule has 4 rings (SSSR count). The fourth-order valence-electron chi connectivity index (χ4n) is 4.11. The molecule has 2 aromatic carbocycles. The first-order valence-electron chi connectivity index (χ1n) is 10.7. The van der Waals surface area contributed by atoms with Gasteiger partial charge in [-0.3, -0.25) is 4.79 Å². The van der Waals surface area contributed by atoms with Gasteiger partial charge in [-0.2, -0.15) is 0 Å². The number of rotatable bonds is 5. The summed E-state index contributed by atoms with van der Waals surface area (Å²) in [4.78, 5) is 19.4. The van der Waals surface area contributed by atoms with Crippen LogP contribution in [-0.2, 0) is 0 Å². The number of amides is 1. The lowest BCUT2D eigenvalue weighted by atomic mass is 9.89. The van der Waals surface area contributed by atoms with Gasteiger partial charge >= 0.3 is 0 Å². The van der Waals surface area contributed by atoms with Crippen molar-refractivity contribution in [3.8, 4) is 5.75 Å². The van der Waals surface area contributed by atoms with Crippen LogP contribution < -0.4 is 10.1 Å². The van der Waals surface area contributed by atoms with E-state index < -0.39 is 5.82 Å². The molecule has 0 aliphatic carbocycles. The van der Waals surface area contributed by atoms with E-state index in [1.54, 1.807) is 17.9 Å². The van der Waals surface area contributed by atoms with Gasteiger partial charge in [0, 0.05) is 36.6 Å². The quantitative estimate of drug-likeness (QED) is 0.457. The number of carbonyl (C=O) groups excluding carboxylic acids is 1. The van der Waals surface area contributed by atoms with Crippen molar-refractivity contribution < 1.29 is 18.3 Å². The number of methoxy groups -OCH3 is 1. The van der Waals surface area contributed by atoms with Crippen molar-refractivity contribution in [1.82, 2.24) is 9.88 Å². The third kappa shape index (κ3) is 4.93. The van der Waals surface area contributed by atoms with Crippen LogP contribution in [0, 0.1) is 18.6 Å². The molecule has 2 heterocycles. The molecule has 0 radical (unpaired) electrons. The van der Waals surface area contributed by atoms with Crippen molar-refractivity contribution in [2.24, 2.45) is 0 Å². The van der Waals surface area contributed by atoms with Gasteiger partial charge in [0.25, 0.3) is 5.91 Å². The summed E-state index contributed by atoms with van der Waals surface area (Å²) in [6.07, 6.45) is 3.04. The lowest BCUT2D eigenvalue weighted by Gasteiger charge is -2.33. The van der Waals surface area contributed by atoms with E-state index in [9.17, 15) is 13.6 Å². The Morgan fingerprint density at radius 2 is 1.85 bits per heavy atom. The van der Waals surface area contributed by atoms with E-state index in [0.29, 0.717) is 35.6 Å². The first kappa shape index (κ1) is 23.0. The molecule has 1 saturated heterocycles. The molecule has 0 bridgehead atoms.